The second kappa shape index (κ2) is 5.86. The molecule has 0 aliphatic rings. The maximum Gasteiger partial charge on any atom is 0.341 e. The average molecular weight is 258 g/mol. The Morgan fingerprint density at radius 1 is 1.26 bits per heavy atom. The lowest BCUT2D eigenvalue weighted by Crippen LogP contribution is -2.09. The van der Waals surface area contributed by atoms with Crippen molar-refractivity contribution in [2.45, 2.75) is 6.42 Å². The highest BCUT2D eigenvalue weighted by Crippen LogP contribution is 2.24. The molecule has 0 unspecified atom stereocenters. The molecule has 98 valence electrons. The number of rotatable bonds is 5. The molecule has 0 bridgehead atoms. The molecule has 0 spiro atoms. The first kappa shape index (κ1) is 12.9. The molecule has 2 rings (SSSR count). The van der Waals surface area contributed by atoms with Crippen LogP contribution in [0, 0.1) is 0 Å². The molecule has 0 amide bonds. The number of carboxylic acids is 1. The number of hydrogen-bond donors (Lipinski definition) is 2. The number of nitrogens with two attached hydrogens (primary N) is 1. The van der Waals surface area contributed by atoms with Gasteiger partial charge in [0, 0.05) is 24.0 Å². The number of aromatic carboxylic acids is 1. The molecule has 2 aromatic rings. The van der Waals surface area contributed by atoms with Gasteiger partial charge in [-0.1, -0.05) is 12.1 Å². The van der Waals surface area contributed by atoms with Crippen LogP contribution in [0.25, 0.3) is 0 Å². The summed E-state index contributed by atoms with van der Waals surface area (Å²) in [5.41, 5.74) is 6.72. The second-order valence-electron chi connectivity index (χ2n) is 3.95. The highest BCUT2D eigenvalue weighted by Gasteiger charge is 2.14. The monoisotopic (exact) mass is 258 g/mol. The van der Waals surface area contributed by atoms with Crippen LogP contribution in [0.2, 0.25) is 0 Å². The van der Waals surface area contributed by atoms with Crippen molar-refractivity contribution >= 4 is 11.7 Å². The minimum Gasteiger partial charge on any atom is -0.492 e. The second-order valence-corrected chi connectivity index (χ2v) is 3.95. The van der Waals surface area contributed by atoms with Crippen LogP contribution in [-0.2, 0) is 6.42 Å². The van der Waals surface area contributed by atoms with Gasteiger partial charge < -0.3 is 15.6 Å². The molecule has 0 aliphatic heterocycles. The molecular formula is C14H14N2O3. The van der Waals surface area contributed by atoms with Crippen molar-refractivity contribution < 1.29 is 14.6 Å². The fraction of sp³-hybridized carbons (Fsp3) is 0.143. The van der Waals surface area contributed by atoms with E-state index in [1.54, 1.807) is 18.3 Å². The lowest BCUT2D eigenvalue weighted by Gasteiger charge is -2.10. The van der Waals surface area contributed by atoms with Gasteiger partial charge in [0.1, 0.15) is 11.3 Å². The fourth-order valence-electron chi connectivity index (χ4n) is 1.71. The summed E-state index contributed by atoms with van der Waals surface area (Å²) < 4.78 is 5.48. The Bertz CT molecular complexity index is 570. The van der Waals surface area contributed by atoms with Gasteiger partial charge >= 0.3 is 5.97 Å². The Kier molecular flexibility index (Phi) is 3.97. The van der Waals surface area contributed by atoms with Gasteiger partial charge in [-0.05, 0) is 24.3 Å². The highest BCUT2D eigenvalue weighted by molar-refractivity contribution is 5.96. The number of carbonyl (C=O) groups is 1. The minimum atomic E-state index is -1.09. The summed E-state index contributed by atoms with van der Waals surface area (Å²) in [6.07, 6.45) is 2.31. The van der Waals surface area contributed by atoms with Gasteiger partial charge in [-0.2, -0.15) is 0 Å². The molecule has 5 heteroatoms. The largest absolute Gasteiger partial charge is 0.492 e. The normalized spacial score (nSPS) is 10.1. The number of aromatic nitrogens is 1. The quantitative estimate of drug-likeness (QED) is 0.801. The zero-order valence-corrected chi connectivity index (χ0v) is 10.2. The molecule has 0 aliphatic carbocycles. The molecule has 0 radical (unpaired) electrons. The third-order valence-electron chi connectivity index (χ3n) is 2.61. The number of benzene rings is 1. The topological polar surface area (TPSA) is 85.4 Å². The number of anilines is 1. The maximum atomic E-state index is 11.1. The van der Waals surface area contributed by atoms with E-state index < -0.39 is 5.97 Å². The van der Waals surface area contributed by atoms with Crippen LogP contribution in [0.1, 0.15) is 16.1 Å². The number of carboxylic acid groups (broad SMARTS) is 1. The van der Waals surface area contributed by atoms with Crippen LogP contribution in [0.5, 0.6) is 5.75 Å². The first-order valence-electron chi connectivity index (χ1n) is 5.83. The number of pyridine rings is 1. The van der Waals surface area contributed by atoms with Crippen LogP contribution < -0.4 is 10.5 Å². The van der Waals surface area contributed by atoms with Gasteiger partial charge in [-0.3, -0.25) is 4.98 Å². The van der Waals surface area contributed by atoms with Gasteiger partial charge in [0.2, 0.25) is 0 Å². The Balaban J connectivity index is 2.04. The van der Waals surface area contributed by atoms with Crippen LogP contribution >= 0.6 is 0 Å². The van der Waals surface area contributed by atoms with Gasteiger partial charge in [-0.15, -0.1) is 0 Å². The van der Waals surface area contributed by atoms with E-state index in [1.165, 1.54) is 6.07 Å². The van der Waals surface area contributed by atoms with Crippen molar-refractivity contribution in [1.82, 2.24) is 4.98 Å². The minimum absolute atomic E-state index is 0.00326. The van der Waals surface area contributed by atoms with Gasteiger partial charge in [0.25, 0.3) is 0 Å². The van der Waals surface area contributed by atoms with E-state index in [2.05, 4.69) is 4.98 Å². The number of hydrogen-bond acceptors (Lipinski definition) is 4. The standard InChI is InChI=1S/C14H14N2O3/c15-11-5-3-6-12(13(11)14(17)18)19-9-7-10-4-1-2-8-16-10/h1-6,8H,7,9,15H2,(H,17,18). The number of nitrogens with zero attached hydrogens (tertiary/aromatic N) is 1. The molecule has 1 aromatic heterocycles. The summed E-state index contributed by atoms with van der Waals surface area (Å²) in [5.74, 6) is -0.811. The molecule has 3 N–H and O–H groups in total. The molecule has 0 fully saturated rings. The zero-order chi connectivity index (χ0) is 13.7. The number of nitrogen functional groups attached to an aromatic ring is 1. The summed E-state index contributed by atoms with van der Waals surface area (Å²) >= 11 is 0. The van der Waals surface area contributed by atoms with Gasteiger partial charge in [0.15, 0.2) is 0 Å². The van der Waals surface area contributed by atoms with Crippen molar-refractivity contribution in [3.63, 3.8) is 0 Å². The van der Waals surface area contributed by atoms with E-state index >= 15 is 0 Å². The summed E-state index contributed by atoms with van der Waals surface area (Å²) in [6, 6.07) is 10.4. The Hall–Kier alpha value is -2.56. The van der Waals surface area contributed by atoms with E-state index in [4.69, 9.17) is 15.6 Å². The van der Waals surface area contributed by atoms with Crippen molar-refractivity contribution in [2.75, 3.05) is 12.3 Å². The average Bonchev–Trinajstić information content (AvgIpc) is 2.39. The maximum absolute atomic E-state index is 11.1. The lowest BCUT2D eigenvalue weighted by atomic mass is 10.1. The number of ether oxygens (including phenoxy) is 1. The predicted octanol–water partition coefficient (Wildman–Crippen LogP) is 1.98. The molecule has 0 saturated carbocycles. The van der Waals surface area contributed by atoms with Crippen LogP contribution in [0.4, 0.5) is 5.69 Å². The third kappa shape index (κ3) is 3.22. The molecule has 1 aromatic carbocycles. The first-order valence-corrected chi connectivity index (χ1v) is 5.83. The molecule has 19 heavy (non-hydrogen) atoms. The van der Waals surface area contributed by atoms with Crippen LogP contribution in [0.15, 0.2) is 42.6 Å². The van der Waals surface area contributed by atoms with Crippen molar-refractivity contribution in [3.05, 3.63) is 53.9 Å². The summed E-state index contributed by atoms with van der Waals surface area (Å²) in [6.45, 7) is 0.348. The van der Waals surface area contributed by atoms with Crippen LogP contribution in [-0.4, -0.2) is 22.7 Å². The smallest absolute Gasteiger partial charge is 0.341 e. The fourth-order valence-corrected chi connectivity index (χ4v) is 1.71. The zero-order valence-electron chi connectivity index (χ0n) is 10.2. The van der Waals surface area contributed by atoms with Gasteiger partial charge in [-0.25, -0.2) is 4.79 Å². The molecule has 0 saturated heterocycles. The van der Waals surface area contributed by atoms with E-state index in [0.29, 0.717) is 13.0 Å². The predicted molar refractivity (Wildman–Crippen MR) is 71.2 cm³/mol. The Labute approximate surface area is 110 Å². The summed E-state index contributed by atoms with van der Waals surface area (Å²) in [7, 11) is 0. The Morgan fingerprint density at radius 2 is 2.11 bits per heavy atom. The molecule has 1 heterocycles. The Morgan fingerprint density at radius 3 is 2.79 bits per heavy atom. The van der Waals surface area contributed by atoms with Crippen molar-refractivity contribution in [2.24, 2.45) is 0 Å². The summed E-state index contributed by atoms with van der Waals surface area (Å²) in [5, 5.41) is 9.09. The van der Waals surface area contributed by atoms with E-state index in [1.807, 2.05) is 18.2 Å². The summed E-state index contributed by atoms with van der Waals surface area (Å²) in [4.78, 5) is 15.3. The van der Waals surface area contributed by atoms with E-state index in [9.17, 15) is 4.79 Å². The third-order valence-corrected chi connectivity index (χ3v) is 2.61. The molecular weight excluding hydrogens is 244 g/mol. The van der Waals surface area contributed by atoms with Crippen molar-refractivity contribution in [1.29, 1.82) is 0 Å². The molecule has 0 atom stereocenters. The van der Waals surface area contributed by atoms with Crippen LogP contribution in [0.3, 0.4) is 0 Å². The highest BCUT2D eigenvalue weighted by atomic mass is 16.5. The van der Waals surface area contributed by atoms with E-state index in [-0.39, 0.29) is 17.0 Å². The molecule has 5 nitrogen and oxygen atoms in total. The van der Waals surface area contributed by atoms with Crippen molar-refractivity contribution in [3.8, 4) is 5.75 Å². The van der Waals surface area contributed by atoms with Gasteiger partial charge in [0.05, 0.1) is 6.61 Å². The lowest BCUT2D eigenvalue weighted by molar-refractivity contribution is 0.0693. The SMILES string of the molecule is Nc1cccc(OCCc2ccccn2)c1C(=O)O. The first-order chi connectivity index (χ1) is 9.18. The van der Waals surface area contributed by atoms with E-state index in [0.717, 1.165) is 5.69 Å².